The van der Waals surface area contributed by atoms with Crippen molar-refractivity contribution in [2.45, 2.75) is 6.92 Å². The number of amides is 2. The Balaban J connectivity index is 2.15. The molecular weight excluding hydrogens is 382 g/mol. The molecule has 144 valence electrons. The second kappa shape index (κ2) is 10.00. The first kappa shape index (κ1) is 20.8. The summed E-state index contributed by atoms with van der Waals surface area (Å²) in [5.41, 5.74) is 5.94. The second-order valence-corrected chi connectivity index (χ2v) is 5.94. The maximum absolute atomic E-state index is 12.4. The number of nitrogens with two attached hydrogens (primary N) is 1. The van der Waals surface area contributed by atoms with Gasteiger partial charge in [0.25, 0.3) is 11.8 Å². The highest BCUT2D eigenvalue weighted by atomic mass is 35.5. The summed E-state index contributed by atoms with van der Waals surface area (Å²) in [6.07, 6.45) is 1.39. The maximum atomic E-state index is 12.4. The fourth-order valence-electron chi connectivity index (χ4n) is 2.22. The summed E-state index contributed by atoms with van der Waals surface area (Å²) in [5.74, 6) is -0.312. The van der Waals surface area contributed by atoms with E-state index in [1.807, 2.05) is 13.0 Å². The molecule has 0 fully saturated rings. The molecule has 7 nitrogen and oxygen atoms in total. The van der Waals surface area contributed by atoms with E-state index in [9.17, 15) is 14.9 Å². The number of nitriles is 1. The molecule has 3 N–H and O–H groups in total. The number of benzene rings is 2. The highest BCUT2D eigenvalue weighted by molar-refractivity contribution is 6.32. The van der Waals surface area contributed by atoms with Crippen LogP contribution in [0.25, 0.3) is 6.08 Å². The van der Waals surface area contributed by atoms with Gasteiger partial charge in [-0.25, -0.2) is 0 Å². The molecule has 0 saturated heterocycles. The van der Waals surface area contributed by atoms with Crippen LogP contribution >= 0.6 is 11.6 Å². The zero-order valence-electron chi connectivity index (χ0n) is 15.1. The van der Waals surface area contributed by atoms with E-state index in [2.05, 4.69) is 5.32 Å². The lowest BCUT2D eigenvalue weighted by Crippen LogP contribution is -2.20. The van der Waals surface area contributed by atoms with Crippen LogP contribution in [0, 0.1) is 11.3 Å². The zero-order chi connectivity index (χ0) is 20.5. The predicted octanol–water partition coefficient (Wildman–Crippen LogP) is 3.15. The summed E-state index contributed by atoms with van der Waals surface area (Å²) in [6, 6.07) is 13.4. The Kier molecular flexibility index (Phi) is 7.43. The van der Waals surface area contributed by atoms with Gasteiger partial charge in [0.2, 0.25) is 0 Å². The molecule has 2 aromatic rings. The molecule has 2 aromatic carbocycles. The van der Waals surface area contributed by atoms with E-state index in [1.165, 1.54) is 18.2 Å². The van der Waals surface area contributed by atoms with E-state index in [0.717, 1.165) is 0 Å². The van der Waals surface area contributed by atoms with Gasteiger partial charge in [-0.1, -0.05) is 23.7 Å². The number of ether oxygens (including phenoxy) is 2. The molecule has 28 heavy (non-hydrogen) atoms. The molecular formula is C20H18ClN3O4. The monoisotopic (exact) mass is 399 g/mol. The quantitative estimate of drug-likeness (QED) is 0.522. The molecule has 0 radical (unpaired) electrons. The van der Waals surface area contributed by atoms with Crippen LogP contribution in [0.3, 0.4) is 0 Å². The van der Waals surface area contributed by atoms with Gasteiger partial charge in [0.1, 0.15) is 23.1 Å². The van der Waals surface area contributed by atoms with Gasteiger partial charge in [0.15, 0.2) is 6.61 Å². The Bertz CT molecular complexity index is 951. The largest absolute Gasteiger partial charge is 0.494 e. The van der Waals surface area contributed by atoms with Gasteiger partial charge in [-0.15, -0.1) is 0 Å². The number of hydrogen-bond acceptors (Lipinski definition) is 5. The average Bonchev–Trinajstić information content (AvgIpc) is 2.65. The number of rotatable bonds is 8. The molecule has 0 saturated carbocycles. The van der Waals surface area contributed by atoms with E-state index < -0.39 is 11.8 Å². The van der Waals surface area contributed by atoms with Crippen molar-refractivity contribution in [3.63, 3.8) is 0 Å². The van der Waals surface area contributed by atoms with Crippen molar-refractivity contribution in [1.29, 1.82) is 5.26 Å². The minimum atomic E-state index is -0.628. The van der Waals surface area contributed by atoms with Gasteiger partial charge >= 0.3 is 0 Å². The Hall–Kier alpha value is -3.50. The van der Waals surface area contributed by atoms with E-state index in [-0.39, 0.29) is 23.0 Å². The minimum absolute atomic E-state index is 0.108. The van der Waals surface area contributed by atoms with Crippen molar-refractivity contribution in [2.75, 3.05) is 18.5 Å². The smallest absolute Gasteiger partial charge is 0.266 e. The first-order valence-corrected chi connectivity index (χ1v) is 8.67. The van der Waals surface area contributed by atoms with Crippen molar-refractivity contribution in [3.05, 3.63) is 58.6 Å². The average molecular weight is 400 g/mol. The molecule has 8 heteroatoms. The van der Waals surface area contributed by atoms with Crippen molar-refractivity contribution < 1.29 is 19.1 Å². The van der Waals surface area contributed by atoms with Crippen LogP contribution in [0.5, 0.6) is 11.5 Å². The Morgan fingerprint density at radius 3 is 2.68 bits per heavy atom. The molecule has 0 unspecified atom stereocenters. The molecule has 0 bridgehead atoms. The number of nitrogens with zero attached hydrogens (tertiary/aromatic N) is 1. The lowest BCUT2D eigenvalue weighted by molar-refractivity contribution is -0.120. The molecule has 0 heterocycles. The van der Waals surface area contributed by atoms with Crippen LogP contribution in [0.2, 0.25) is 5.02 Å². The van der Waals surface area contributed by atoms with Crippen LogP contribution in [0.15, 0.2) is 48.0 Å². The molecule has 0 aliphatic heterocycles. The fraction of sp³-hybridized carbons (Fsp3) is 0.150. The third kappa shape index (κ3) is 6.04. The van der Waals surface area contributed by atoms with E-state index in [1.54, 1.807) is 30.3 Å². The number of primary amides is 1. The predicted molar refractivity (Wildman–Crippen MR) is 106 cm³/mol. The summed E-state index contributed by atoms with van der Waals surface area (Å²) >= 11 is 6.09. The van der Waals surface area contributed by atoms with Crippen molar-refractivity contribution in [1.82, 2.24) is 0 Å². The second-order valence-electron chi connectivity index (χ2n) is 5.53. The topological polar surface area (TPSA) is 114 Å². The first-order chi connectivity index (χ1) is 13.4. The summed E-state index contributed by atoms with van der Waals surface area (Å²) < 4.78 is 10.5. The maximum Gasteiger partial charge on any atom is 0.266 e. The van der Waals surface area contributed by atoms with Gasteiger partial charge in [0.05, 0.1) is 11.6 Å². The lowest BCUT2D eigenvalue weighted by Gasteiger charge is -2.08. The SMILES string of the molecule is CCOc1cccc(NC(=O)C(C#N)=Cc2ccc(OCC(N)=O)c(Cl)c2)c1. The highest BCUT2D eigenvalue weighted by Gasteiger charge is 2.11. The summed E-state index contributed by atoms with van der Waals surface area (Å²) in [6.45, 7) is 2.05. The van der Waals surface area contributed by atoms with Crippen molar-refractivity contribution in [2.24, 2.45) is 5.73 Å². The molecule has 2 amide bonds. The van der Waals surface area contributed by atoms with Gasteiger partial charge in [0, 0.05) is 11.8 Å². The normalized spacial score (nSPS) is 10.7. The number of nitrogens with one attached hydrogen (secondary N) is 1. The van der Waals surface area contributed by atoms with Gasteiger partial charge < -0.3 is 20.5 Å². The molecule has 0 aliphatic rings. The van der Waals surface area contributed by atoms with Gasteiger partial charge in [-0.3, -0.25) is 9.59 Å². The van der Waals surface area contributed by atoms with Crippen LogP contribution < -0.4 is 20.5 Å². The number of halogens is 1. The zero-order valence-corrected chi connectivity index (χ0v) is 15.8. The number of hydrogen-bond donors (Lipinski definition) is 2. The Morgan fingerprint density at radius 1 is 1.25 bits per heavy atom. The number of carbonyl (C=O) groups excluding carboxylic acids is 2. The summed E-state index contributed by atoms with van der Waals surface area (Å²) in [5, 5.41) is 12.2. The minimum Gasteiger partial charge on any atom is -0.494 e. The summed E-state index contributed by atoms with van der Waals surface area (Å²) in [7, 11) is 0. The molecule has 0 aromatic heterocycles. The van der Waals surface area contributed by atoms with E-state index in [0.29, 0.717) is 23.6 Å². The Morgan fingerprint density at radius 2 is 2.04 bits per heavy atom. The fourth-order valence-corrected chi connectivity index (χ4v) is 2.46. The van der Waals surface area contributed by atoms with E-state index in [4.69, 9.17) is 26.8 Å². The first-order valence-electron chi connectivity index (χ1n) is 8.29. The lowest BCUT2D eigenvalue weighted by atomic mass is 10.1. The van der Waals surface area contributed by atoms with E-state index >= 15 is 0 Å². The standard InChI is InChI=1S/C20H18ClN3O4/c1-2-27-16-5-3-4-15(10-16)24-20(26)14(11-22)8-13-6-7-18(17(21)9-13)28-12-19(23)25/h3-10H,2,12H2,1H3,(H2,23,25)(H,24,26). The van der Waals surface area contributed by atoms with Crippen LogP contribution in [-0.2, 0) is 9.59 Å². The third-order valence-corrected chi connectivity index (χ3v) is 3.70. The van der Waals surface area contributed by atoms with Gasteiger partial charge in [-0.2, -0.15) is 5.26 Å². The molecule has 0 spiro atoms. The third-order valence-electron chi connectivity index (χ3n) is 3.40. The van der Waals surface area contributed by atoms with Crippen LogP contribution in [0.4, 0.5) is 5.69 Å². The number of carbonyl (C=O) groups is 2. The Labute approximate surface area is 167 Å². The molecule has 0 aliphatic carbocycles. The highest BCUT2D eigenvalue weighted by Crippen LogP contribution is 2.26. The number of anilines is 1. The summed E-state index contributed by atoms with van der Waals surface area (Å²) in [4.78, 5) is 23.2. The van der Waals surface area contributed by atoms with Gasteiger partial charge in [-0.05, 0) is 42.8 Å². The van der Waals surface area contributed by atoms with Crippen LogP contribution in [-0.4, -0.2) is 25.0 Å². The molecule has 0 atom stereocenters. The molecule has 2 rings (SSSR count). The van der Waals surface area contributed by atoms with Crippen LogP contribution in [0.1, 0.15) is 12.5 Å². The van der Waals surface area contributed by atoms with Crippen molar-refractivity contribution in [3.8, 4) is 17.6 Å². The van der Waals surface area contributed by atoms with Crippen molar-refractivity contribution >= 4 is 35.2 Å².